The highest BCUT2D eigenvalue weighted by Gasteiger charge is 2.44. The molecule has 2 saturated heterocycles. The molecule has 0 amide bonds. The lowest BCUT2D eigenvalue weighted by molar-refractivity contribution is -0.300. The van der Waals surface area contributed by atoms with Gasteiger partial charge in [0, 0.05) is 0 Å². The monoisotopic (exact) mass is 280 g/mol. The molecule has 9 nitrogen and oxygen atoms in total. The van der Waals surface area contributed by atoms with Crippen molar-refractivity contribution in [3.05, 3.63) is 0 Å². The molecule has 110 valence electrons. The van der Waals surface area contributed by atoms with Crippen LogP contribution in [0, 0.1) is 0 Å². The van der Waals surface area contributed by atoms with Gasteiger partial charge in [0.1, 0.15) is 37.1 Å². The molecular formula is C10H16O9. The summed E-state index contributed by atoms with van der Waals surface area (Å²) in [7, 11) is 0. The van der Waals surface area contributed by atoms with Crippen LogP contribution >= 0.6 is 0 Å². The van der Waals surface area contributed by atoms with E-state index in [1.807, 2.05) is 0 Å². The summed E-state index contributed by atoms with van der Waals surface area (Å²) >= 11 is 0. The quantitative estimate of drug-likeness (QED) is 0.320. The summed E-state index contributed by atoms with van der Waals surface area (Å²) < 4.78 is 14.7. The van der Waals surface area contributed by atoms with E-state index in [0.29, 0.717) is 0 Å². The van der Waals surface area contributed by atoms with Crippen molar-refractivity contribution in [3.63, 3.8) is 0 Å². The number of carbonyl (C=O) groups is 1. The van der Waals surface area contributed by atoms with Gasteiger partial charge >= 0.3 is 5.97 Å². The summed E-state index contributed by atoms with van der Waals surface area (Å²) in [4.78, 5) is 11.0. The van der Waals surface area contributed by atoms with Crippen LogP contribution in [0.4, 0.5) is 0 Å². The Morgan fingerprint density at radius 2 is 1.68 bits per heavy atom. The number of carbonyl (C=O) groups excluding carboxylic acids is 1. The molecule has 2 aliphatic rings. The first-order valence-corrected chi connectivity index (χ1v) is 5.76. The number of hydrogen-bond acceptors (Lipinski definition) is 9. The number of cyclic esters (lactones) is 1. The molecule has 0 unspecified atom stereocenters. The Labute approximate surface area is 107 Å². The van der Waals surface area contributed by atoms with Gasteiger partial charge < -0.3 is 39.7 Å². The van der Waals surface area contributed by atoms with Gasteiger partial charge in [-0.3, -0.25) is 0 Å². The van der Waals surface area contributed by atoms with E-state index in [9.17, 15) is 30.3 Å². The topological polar surface area (TPSA) is 146 Å². The Kier molecular flexibility index (Phi) is 4.36. The third kappa shape index (κ3) is 2.87. The summed E-state index contributed by atoms with van der Waals surface area (Å²) in [5, 5.41) is 47.3. The van der Waals surface area contributed by atoms with Crippen molar-refractivity contribution in [3.8, 4) is 0 Å². The first-order chi connectivity index (χ1) is 8.91. The third-order valence-corrected chi connectivity index (χ3v) is 3.10. The van der Waals surface area contributed by atoms with E-state index in [2.05, 4.69) is 4.74 Å². The summed E-state index contributed by atoms with van der Waals surface area (Å²) in [5.41, 5.74) is 0. The molecule has 0 saturated carbocycles. The molecule has 0 radical (unpaired) electrons. The zero-order chi connectivity index (χ0) is 14.2. The van der Waals surface area contributed by atoms with Crippen molar-refractivity contribution in [1.82, 2.24) is 0 Å². The zero-order valence-electron chi connectivity index (χ0n) is 9.82. The molecule has 0 aliphatic carbocycles. The fourth-order valence-electron chi connectivity index (χ4n) is 1.88. The van der Waals surface area contributed by atoms with Crippen LogP contribution in [0.15, 0.2) is 0 Å². The smallest absolute Gasteiger partial charge is 0.337 e. The van der Waals surface area contributed by atoms with E-state index in [-0.39, 0.29) is 13.2 Å². The largest absolute Gasteiger partial charge is 0.461 e. The van der Waals surface area contributed by atoms with Gasteiger partial charge in [-0.2, -0.15) is 0 Å². The average Bonchev–Trinajstić information content (AvgIpc) is 2.39. The van der Waals surface area contributed by atoms with Crippen LogP contribution in [0.2, 0.25) is 0 Å². The Morgan fingerprint density at radius 3 is 2.37 bits per heavy atom. The molecule has 2 fully saturated rings. The van der Waals surface area contributed by atoms with Gasteiger partial charge in [0.25, 0.3) is 0 Å². The fraction of sp³-hybridized carbons (Fsp3) is 0.900. The van der Waals surface area contributed by atoms with E-state index in [1.165, 1.54) is 0 Å². The molecular weight excluding hydrogens is 264 g/mol. The second kappa shape index (κ2) is 5.67. The van der Waals surface area contributed by atoms with Crippen LogP contribution in [0.3, 0.4) is 0 Å². The molecule has 0 aromatic heterocycles. The maximum Gasteiger partial charge on any atom is 0.337 e. The van der Waals surface area contributed by atoms with Crippen LogP contribution in [0.1, 0.15) is 0 Å². The van der Waals surface area contributed by atoms with E-state index in [0.717, 1.165) is 0 Å². The SMILES string of the molecule is O=C1OC[C@@H](O[C@@H]2OC[C@@H](O)[C@H](O)[C@H]2O)[C@H](O)[C@H]1O. The number of rotatable bonds is 2. The second-order valence-electron chi connectivity index (χ2n) is 4.49. The Hall–Kier alpha value is -0.810. The highest BCUT2D eigenvalue weighted by molar-refractivity contribution is 5.76. The Bertz CT molecular complexity index is 335. The number of aliphatic hydroxyl groups is 5. The molecule has 7 atom stereocenters. The van der Waals surface area contributed by atoms with Crippen molar-refractivity contribution in [2.75, 3.05) is 13.2 Å². The lowest BCUT2D eigenvalue weighted by Gasteiger charge is -2.39. The minimum Gasteiger partial charge on any atom is -0.461 e. The van der Waals surface area contributed by atoms with E-state index >= 15 is 0 Å². The van der Waals surface area contributed by atoms with Crippen LogP contribution in [0.5, 0.6) is 0 Å². The highest BCUT2D eigenvalue weighted by Crippen LogP contribution is 2.21. The molecule has 0 aromatic rings. The molecule has 2 heterocycles. The van der Waals surface area contributed by atoms with E-state index in [4.69, 9.17) is 9.47 Å². The lowest BCUT2D eigenvalue weighted by Crippen LogP contribution is -2.58. The molecule has 0 spiro atoms. The lowest BCUT2D eigenvalue weighted by atomic mass is 10.0. The predicted molar refractivity (Wildman–Crippen MR) is 55.6 cm³/mol. The molecule has 5 N–H and O–H groups in total. The summed E-state index contributed by atoms with van der Waals surface area (Å²) in [6, 6.07) is 0. The first kappa shape index (κ1) is 14.6. The number of esters is 1. The van der Waals surface area contributed by atoms with Crippen LogP contribution < -0.4 is 0 Å². The van der Waals surface area contributed by atoms with Gasteiger partial charge in [0.05, 0.1) is 6.61 Å². The summed E-state index contributed by atoms with van der Waals surface area (Å²) in [6.45, 7) is -0.573. The predicted octanol–water partition coefficient (Wildman–Crippen LogP) is -3.91. The van der Waals surface area contributed by atoms with Gasteiger partial charge in [0.15, 0.2) is 12.4 Å². The van der Waals surface area contributed by atoms with Gasteiger partial charge in [-0.25, -0.2) is 4.79 Å². The summed E-state index contributed by atoms with van der Waals surface area (Å²) in [6.07, 6.45) is -9.89. The molecule has 2 rings (SSSR count). The van der Waals surface area contributed by atoms with Crippen molar-refractivity contribution in [1.29, 1.82) is 0 Å². The molecule has 0 bridgehead atoms. The molecule has 19 heavy (non-hydrogen) atoms. The standard InChI is InChI=1S/C10H16O9/c11-3-1-18-10(8(15)5(3)12)19-4-2-17-9(16)7(14)6(4)13/h3-8,10-15H,1-2H2/t3-,4-,5+,6+,7-,8-,10+/m1/s1. The van der Waals surface area contributed by atoms with Crippen LogP contribution in [0.25, 0.3) is 0 Å². The van der Waals surface area contributed by atoms with Gasteiger partial charge in [-0.05, 0) is 0 Å². The molecule has 2 aliphatic heterocycles. The maximum absolute atomic E-state index is 11.0. The number of aliphatic hydroxyl groups excluding tert-OH is 5. The third-order valence-electron chi connectivity index (χ3n) is 3.10. The molecule has 0 aromatic carbocycles. The Morgan fingerprint density at radius 1 is 1.00 bits per heavy atom. The molecule has 9 heteroatoms. The van der Waals surface area contributed by atoms with Gasteiger partial charge in [-0.1, -0.05) is 0 Å². The highest BCUT2D eigenvalue weighted by atomic mass is 16.7. The normalized spacial score (nSPS) is 47.8. The minimum absolute atomic E-state index is 0.256. The average molecular weight is 280 g/mol. The first-order valence-electron chi connectivity index (χ1n) is 5.76. The fourth-order valence-corrected chi connectivity index (χ4v) is 1.88. The zero-order valence-corrected chi connectivity index (χ0v) is 9.82. The van der Waals surface area contributed by atoms with Gasteiger partial charge in [0.2, 0.25) is 0 Å². The maximum atomic E-state index is 11.0. The van der Waals surface area contributed by atoms with Crippen molar-refractivity contribution in [2.45, 2.75) is 42.9 Å². The number of hydrogen-bond donors (Lipinski definition) is 5. The summed E-state index contributed by atoms with van der Waals surface area (Å²) in [5.74, 6) is -0.965. The van der Waals surface area contributed by atoms with Gasteiger partial charge in [-0.15, -0.1) is 0 Å². The Balaban J connectivity index is 1.95. The van der Waals surface area contributed by atoms with Crippen LogP contribution in [-0.2, 0) is 19.0 Å². The second-order valence-corrected chi connectivity index (χ2v) is 4.49. The van der Waals surface area contributed by atoms with E-state index < -0.39 is 48.9 Å². The minimum atomic E-state index is -1.74. The van der Waals surface area contributed by atoms with Crippen molar-refractivity contribution in [2.24, 2.45) is 0 Å². The van der Waals surface area contributed by atoms with Crippen molar-refractivity contribution >= 4 is 5.97 Å². The van der Waals surface area contributed by atoms with Crippen LogP contribution in [-0.4, -0.2) is 87.6 Å². The van der Waals surface area contributed by atoms with E-state index in [1.54, 1.807) is 0 Å². The van der Waals surface area contributed by atoms with Crippen molar-refractivity contribution < 1.29 is 44.5 Å². The number of ether oxygens (including phenoxy) is 3.